The number of likely N-dealkylation sites (tertiary alicyclic amines) is 1. The van der Waals surface area contributed by atoms with Gasteiger partial charge in [-0.15, -0.1) is 0 Å². The highest BCUT2D eigenvalue weighted by Crippen LogP contribution is 2.32. The number of aliphatic hydroxyl groups is 1. The first kappa shape index (κ1) is 20.7. The molecule has 0 aromatic heterocycles. The Hall–Kier alpha value is -2.58. The lowest BCUT2D eigenvalue weighted by Crippen LogP contribution is -2.47. The van der Waals surface area contributed by atoms with Crippen LogP contribution < -0.4 is 4.74 Å². The molecule has 8 heteroatoms. The zero-order chi connectivity index (χ0) is 21.4. The summed E-state index contributed by atoms with van der Waals surface area (Å²) >= 11 is 0. The number of carbonyl (C=O) groups is 1. The SMILES string of the molecule is O=C(c1cccc(C2(O)COC2)c1)N1CCCC(Oc2ccc(C(F)(F)F)cc2)C1. The minimum atomic E-state index is -4.39. The molecular weight excluding hydrogens is 399 g/mol. The summed E-state index contributed by atoms with van der Waals surface area (Å²) < 4.78 is 49.0. The first-order valence-electron chi connectivity index (χ1n) is 9.78. The Balaban J connectivity index is 1.41. The maximum absolute atomic E-state index is 13.0. The van der Waals surface area contributed by atoms with Crippen molar-refractivity contribution in [3.05, 3.63) is 65.2 Å². The molecule has 2 heterocycles. The van der Waals surface area contributed by atoms with Crippen molar-refractivity contribution in [1.82, 2.24) is 4.90 Å². The standard InChI is InChI=1S/C22H22F3NO4/c23-22(24,25)16-6-8-18(9-7-16)30-19-5-2-10-26(12-19)20(27)15-3-1-4-17(11-15)21(28)13-29-14-21/h1,3-4,6-9,11,19,28H,2,5,10,12-14H2. The Morgan fingerprint density at radius 2 is 1.90 bits per heavy atom. The van der Waals surface area contributed by atoms with Crippen LogP contribution in [0.4, 0.5) is 13.2 Å². The maximum Gasteiger partial charge on any atom is 0.416 e. The van der Waals surface area contributed by atoms with E-state index in [-0.39, 0.29) is 25.2 Å². The van der Waals surface area contributed by atoms with Crippen LogP contribution in [0.5, 0.6) is 5.75 Å². The molecule has 0 bridgehead atoms. The van der Waals surface area contributed by atoms with Crippen LogP contribution in [0.1, 0.15) is 34.3 Å². The summed E-state index contributed by atoms with van der Waals surface area (Å²) in [5.74, 6) is 0.179. The second kappa shape index (κ2) is 7.92. The van der Waals surface area contributed by atoms with Crippen molar-refractivity contribution in [2.75, 3.05) is 26.3 Å². The van der Waals surface area contributed by atoms with E-state index < -0.39 is 17.3 Å². The van der Waals surface area contributed by atoms with Crippen molar-refractivity contribution in [1.29, 1.82) is 0 Å². The van der Waals surface area contributed by atoms with Crippen LogP contribution in [-0.2, 0) is 16.5 Å². The van der Waals surface area contributed by atoms with Gasteiger partial charge in [0.15, 0.2) is 0 Å². The van der Waals surface area contributed by atoms with Crippen molar-refractivity contribution in [3.8, 4) is 5.75 Å². The van der Waals surface area contributed by atoms with Gasteiger partial charge < -0.3 is 19.5 Å². The minimum absolute atomic E-state index is 0.165. The number of hydrogen-bond acceptors (Lipinski definition) is 4. The zero-order valence-electron chi connectivity index (χ0n) is 16.2. The van der Waals surface area contributed by atoms with Gasteiger partial charge in [0.1, 0.15) is 17.5 Å². The normalized spacial score (nSPS) is 21.1. The number of amides is 1. The van der Waals surface area contributed by atoms with Crippen LogP contribution in [0.25, 0.3) is 0 Å². The number of hydrogen-bond donors (Lipinski definition) is 1. The van der Waals surface area contributed by atoms with Crippen LogP contribution in [0, 0.1) is 0 Å². The fourth-order valence-electron chi connectivity index (χ4n) is 3.72. The third-order valence-electron chi connectivity index (χ3n) is 5.48. The largest absolute Gasteiger partial charge is 0.489 e. The van der Waals surface area contributed by atoms with Crippen molar-refractivity contribution in [2.24, 2.45) is 0 Å². The van der Waals surface area contributed by atoms with Gasteiger partial charge in [-0.25, -0.2) is 0 Å². The molecule has 1 amide bonds. The van der Waals surface area contributed by atoms with Crippen LogP contribution in [0.15, 0.2) is 48.5 Å². The minimum Gasteiger partial charge on any atom is -0.489 e. The van der Waals surface area contributed by atoms with Crippen molar-refractivity contribution in [3.63, 3.8) is 0 Å². The van der Waals surface area contributed by atoms with E-state index in [4.69, 9.17) is 9.47 Å². The molecule has 1 N–H and O–H groups in total. The predicted octanol–water partition coefficient (Wildman–Crippen LogP) is 3.61. The molecular formula is C22H22F3NO4. The average Bonchev–Trinajstić information content (AvgIpc) is 2.71. The molecule has 0 spiro atoms. The Morgan fingerprint density at radius 1 is 1.17 bits per heavy atom. The third kappa shape index (κ3) is 4.29. The summed E-state index contributed by atoms with van der Waals surface area (Å²) in [5, 5.41) is 10.4. The zero-order valence-corrected chi connectivity index (χ0v) is 16.2. The highest BCUT2D eigenvalue weighted by Gasteiger charge is 2.38. The molecule has 0 saturated carbocycles. The van der Waals surface area contributed by atoms with Gasteiger partial charge in [-0.2, -0.15) is 13.2 Å². The molecule has 2 aliphatic heterocycles. The van der Waals surface area contributed by atoms with Gasteiger partial charge in [0.2, 0.25) is 0 Å². The molecule has 4 rings (SSSR count). The lowest BCUT2D eigenvalue weighted by molar-refractivity contribution is -0.184. The number of carbonyl (C=O) groups excluding carboxylic acids is 1. The van der Waals surface area contributed by atoms with Gasteiger partial charge >= 0.3 is 6.18 Å². The maximum atomic E-state index is 13.0. The second-order valence-corrected chi connectivity index (χ2v) is 7.76. The molecule has 1 atom stereocenters. The molecule has 1 unspecified atom stereocenters. The topological polar surface area (TPSA) is 59.0 Å². The first-order chi connectivity index (χ1) is 14.2. The van der Waals surface area contributed by atoms with E-state index >= 15 is 0 Å². The lowest BCUT2D eigenvalue weighted by atomic mass is 9.90. The Kier molecular flexibility index (Phi) is 5.46. The predicted molar refractivity (Wildman–Crippen MR) is 102 cm³/mol. The number of ether oxygens (including phenoxy) is 2. The van der Waals surface area contributed by atoms with Gasteiger partial charge in [-0.05, 0) is 54.8 Å². The van der Waals surface area contributed by atoms with Gasteiger partial charge in [0.25, 0.3) is 5.91 Å². The number of alkyl halides is 3. The van der Waals surface area contributed by atoms with Crippen molar-refractivity contribution >= 4 is 5.91 Å². The van der Waals surface area contributed by atoms with Gasteiger partial charge in [0, 0.05) is 12.1 Å². The molecule has 5 nitrogen and oxygen atoms in total. The number of rotatable bonds is 4. The van der Waals surface area contributed by atoms with E-state index in [0.717, 1.165) is 18.6 Å². The van der Waals surface area contributed by atoms with Gasteiger partial charge in [-0.1, -0.05) is 12.1 Å². The monoisotopic (exact) mass is 421 g/mol. The Morgan fingerprint density at radius 3 is 2.53 bits per heavy atom. The quantitative estimate of drug-likeness (QED) is 0.820. The van der Waals surface area contributed by atoms with Crippen LogP contribution in [0.2, 0.25) is 0 Å². The average molecular weight is 421 g/mol. The van der Waals surface area contributed by atoms with Gasteiger partial charge in [-0.3, -0.25) is 4.79 Å². The van der Waals surface area contributed by atoms with Crippen molar-refractivity contribution in [2.45, 2.75) is 30.7 Å². The van der Waals surface area contributed by atoms with Crippen LogP contribution in [0.3, 0.4) is 0 Å². The summed E-state index contributed by atoms with van der Waals surface area (Å²) in [4.78, 5) is 14.6. The Bertz CT molecular complexity index is 909. The first-order valence-corrected chi connectivity index (χ1v) is 9.78. The number of piperidine rings is 1. The summed E-state index contributed by atoms with van der Waals surface area (Å²) in [7, 11) is 0. The van der Waals surface area contributed by atoms with E-state index in [1.54, 1.807) is 29.2 Å². The second-order valence-electron chi connectivity index (χ2n) is 7.76. The van der Waals surface area contributed by atoms with Crippen LogP contribution in [-0.4, -0.2) is 48.3 Å². The summed E-state index contributed by atoms with van der Waals surface area (Å²) in [6, 6.07) is 11.5. The van der Waals surface area contributed by atoms with E-state index in [0.29, 0.717) is 36.4 Å². The summed E-state index contributed by atoms with van der Waals surface area (Å²) in [6.07, 6.45) is -3.25. The molecule has 2 saturated heterocycles. The van der Waals surface area contributed by atoms with Crippen LogP contribution >= 0.6 is 0 Å². The fourth-order valence-corrected chi connectivity index (χ4v) is 3.72. The molecule has 0 radical (unpaired) electrons. The van der Waals surface area contributed by atoms with Crippen molar-refractivity contribution < 1.29 is 32.5 Å². The summed E-state index contributed by atoms with van der Waals surface area (Å²) in [5.41, 5.74) is -0.655. The molecule has 30 heavy (non-hydrogen) atoms. The number of nitrogens with zero attached hydrogens (tertiary/aromatic N) is 1. The molecule has 2 fully saturated rings. The van der Waals surface area contributed by atoms with E-state index in [9.17, 15) is 23.1 Å². The Labute approximate surface area is 172 Å². The molecule has 2 aromatic rings. The van der Waals surface area contributed by atoms with E-state index in [2.05, 4.69) is 0 Å². The highest BCUT2D eigenvalue weighted by molar-refractivity contribution is 5.94. The molecule has 0 aliphatic carbocycles. The van der Waals surface area contributed by atoms with Gasteiger partial charge in [0.05, 0.1) is 25.3 Å². The van der Waals surface area contributed by atoms with E-state index in [1.807, 2.05) is 0 Å². The molecule has 160 valence electrons. The number of halogens is 3. The third-order valence-corrected chi connectivity index (χ3v) is 5.48. The molecule has 2 aliphatic rings. The highest BCUT2D eigenvalue weighted by atomic mass is 19.4. The number of benzene rings is 2. The smallest absolute Gasteiger partial charge is 0.416 e. The fraction of sp³-hybridized carbons (Fsp3) is 0.409. The van der Waals surface area contributed by atoms with E-state index in [1.165, 1.54) is 12.1 Å². The lowest BCUT2D eigenvalue weighted by Gasteiger charge is -2.37. The summed E-state index contributed by atoms with van der Waals surface area (Å²) in [6.45, 7) is 1.33. The molecule has 2 aromatic carbocycles.